The molecule has 0 bridgehead atoms. The van der Waals surface area contributed by atoms with Gasteiger partial charge in [0.1, 0.15) is 6.07 Å². The number of nitrogens with one attached hydrogen (secondary N) is 1. The second kappa shape index (κ2) is 4.38. The molecule has 80 valence electrons. The van der Waals surface area contributed by atoms with Gasteiger partial charge < -0.3 is 5.32 Å². The van der Waals surface area contributed by atoms with Crippen molar-refractivity contribution in [2.24, 2.45) is 0 Å². The first-order valence-corrected chi connectivity index (χ1v) is 5.95. The Morgan fingerprint density at radius 1 is 1.19 bits per heavy atom. The number of thiophene rings is 1. The Morgan fingerprint density at radius 3 is 2.69 bits per heavy atom. The maximum atomic E-state index is 8.90. The second-order valence-electron chi connectivity index (χ2n) is 3.73. The highest BCUT2D eigenvalue weighted by atomic mass is 32.1. The van der Waals surface area contributed by atoms with Gasteiger partial charge in [0, 0.05) is 16.4 Å². The molecule has 1 N–H and O–H groups in total. The molecule has 2 rings (SSSR count). The second-order valence-corrected chi connectivity index (χ2v) is 4.48. The molecule has 1 heterocycles. The predicted molar refractivity (Wildman–Crippen MR) is 68.2 cm³/mol. The van der Waals surface area contributed by atoms with E-state index < -0.39 is 0 Å². The maximum Gasteiger partial charge on any atom is 0.102 e. The van der Waals surface area contributed by atoms with Gasteiger partial charge in [-0.25, -0.2) is 0 Å². The van der Waals surface area contributed by atoms with E-state index >= 15 is 0 Å². The SMILES string of the molecule is Cc1ccc(Nc2cscc2C#N)cc1C. The van der Waals surface area contributed by atoms with Crippen LogP contribution in [0.3, 0.4) is 0 Å². The number of aryl methyl sites for hydroxylation is 2. The fraction of sp³-hybridized carbons (Fsp3) is 0.154. The lowest BCUT2D eigenvalue weighted by atomic mass is 10.1. The molecular formula is C13H12N2S. The predicted octanol–water partition coefficient (Wildman–Crippen LogP) is 3.98. The third-order valence-corrected chi connectivity index (χ3v) is 3.31. The lowest BCUT2D eigenvalue weighted by molar-refractivity contribution is 1.34. The zero-order valence-corrected chi connectivity index (χ0v) is 10.1. The molecule has 3 heteroatoms. The van der Waals surface area contributed by atoms with Crippen LogP contribution in [0.25, 0.3) is 0 Å². The van der Waals surface area contributed by atoms with Gasteiger partial charge in [-0.3, -0.25) is 0 Å². The minimum atomic E-state index is 0.697. The summed E-state index contributed by atoms with van der Waals surface area (Å²) in [6, 6.07) is 8.37. The summed E-state index contributed by atoms with van der Waals surface area (Å²) in [5.74, 6) is 0. The Bertz CT molecular complexity index is 549. The highest BCUT2D eigenvalue weighted by Gasteiger charge is 2.03. The van der Waals surface area contributed by atoms with Gasteiger partial charge in [-0.2, -0.15) is 5.26 Å². The van der Waals surface area contributed by atoms with Crippen molar-refractivity contribution in [2.75, 3.05) is 5.32 Å². The van der Waals surface area contributed by atoms with Crippen molar-refractivity contribution in [3.8, 4) is 6.07 Å². The van der Waals surface area contributed by atoms with Crippen LogP contribution in [0.5, 0.6) is 0 Å². The quantitative estimate of drug-likeness (QED) is 0.843. The van der Waals surface area contributed by atoms with Crippen molar-refractivity contribution in [1.82, 2.24) is 0 Å². The summed E-state index contributed by atoms with van der Waals surface area (Å²) < 4.78 is 0. The molecule has 1 aromatic carbocycles. The first kappa shape index (κ1) is 10.7. The standard InChI is InChI=1S/C13H12N2S/c1-9-3-4-12(5-10(9)2)15-13-8-16-7-11(13)6-14/h3-5,7-8,15H,1-2H3. The molecule has 0 aliphatic heterocycles. The highest BCUT2D eigenvalue weighted by Crippen LogP contribution is 2.25. The summed E-state index contributed by atoms with van der Waals surface area (Å²) in [6.07, 6.45) is 0. The van der Waals surface area contributed by atoms with E-state index in [1.807, 2.05) is 16.8 Å². The van der Waals surface area contributed by atoms with E-state index in [4.69, 9.17) is 5.26 Å². The molecule has 2 aromatic rings. The molecule has 0 fully saturated rings. The van der Waals surface area contributed by atoms with Gasteiger partial charge in [-0.1, -0.05) is 6.07 Å². The Labute approximate surface area is 99.2 Å². The molecule has 0 unspecified atom stereocenters. The number of benzene rings is 1. The van der Waals surface area contributed by atoms with Gasteiger partial charge in [0.05, 0.1) is 11.3 Å². The molecule has 0 aliphatic carbocycles. The summed E-state index contributed by atoms with van der Waals surface area (Å²) >= 11 is 1.53. The van der Waals surface area contributed by atoms with Crippen LogP contribution < -0.4 is 5.32 Å². The van der Waals surface area contributed by atoms with Crippen molar-refractivity contribution in [3.05, 3.63) is 45.6 Å². The largest absolute Gasteiger partial charge is 0.354 e. The normalized spacial score (nSPS) is 9.81. The van der Waals surface area contributed by atoms with E-state index in [1.54, 1.807) is 0 Å². The molecule has 16 heavy (non-hydrogen) atoms. The summed E-state index contributed by atoms with van der Waals surface area (Å²) in [7, 11) is 0. The number of rotatable bonds is 2. The Morgan fingerprint density at radius 2 is 2.00 bits per heavy atom. The zero-order valence-electron chi connectivity index (χ0n) is 9.24. The average molecular weight is 228 g/mol. The monoisotopic (exact) mass is 228 g/mol. The molecule has 0 radical (unpaired) electrons. The molecule has 0 spiro atoms. The van der Waals surface area contributed by atoms with Crippen LogP contribution in [0.4, 0.5) is 11.4 Å². The fourth-order valence-electron chi connectivity index (χ4n) is 1.46. The lowest BCUT2D eigenvalue weighted by Gasteiger charge is -2.07. The highest BCUT2D eigenvalue weighted by molar-refractivity contribution is 7.08. The summed E-state index contributed by atoms with van der Waals surface area (Å²) in [6.45, 7) is 4.17. The van der Waals surface area contributed by atoms with Crippen LogP contribution in [0, 0.1) is 25.2 Å². The minimum Gasteiger partial charge on any atom is -0.354 e. The van der Waals surface area contributed by atoms with E-state index in [2.05, 4.69) is 37.4 Å². The van der Waals surface area contributed by atoms with Crippen molar-refractivity contribution < 1.29 is 0 Å². The van der Waals surface area contributed by atoms with Crippen LogP contribution in [0.2, 0.25) is 0 Å². The van der Waals surface area contributed by atoms with Crippen molar-refractivity contribution in [3.63, 3.8) is 0 Å². The van der Waals surface area contributed by atoms with Crippen molar-refractivity contribution >= 4 is 22.7 Å². The molecule has 0 saturated heterocycles. The maximum absolute atomic E-state index is 8.90. The summed E-state index contributed by atoms with van der Waals surface area (Å²) in [4.78, 5) is 0. The average Bonchev–Trinajstić information content (AvgIpc) is 2.71. The molecule has 0 amide bonds. The van der Waals surface area contributed by atoms with Crippen LogP contribution >= 0.6 is 11.3 Å². The Kier molecular flexibility index (Phi) is 2.93. The van der Waals surface area contributed by atoms with E-state index in [9.17, 15) is 0 Å². The first-order chi connectivity index (χ1) is 7.70. The summed E-state index contributed by atoms with van der Waals surface area (Å²) in [5.41, 5.74) is 5.13. The molecule has 0 saturated carbocycles. The van der Waals surface area contributed by atoms with E-state index in [1.165, 1.54) is 22.5 Å². The van der Waals surface area contributed by atoms with E-state index in [0.717, 1.165) is 11.4 Å². The summed E-state index contributed by atoms with van der Waals surface area (Å²) in [5, 5.41) is 16.0. The van der Waals surface area contributed by atoms with Crippen LogP contribution in [-0.2, 0) is 0 Å². The molecule has 0 atom stereocenters. The van der Waals surface area contributed by atoms with Gasteiger partial charge in [-0.05, 0) is 37.1 Å². The van der Waals surface area contributed by atoms with Gasteiger partial charge in [0.15, 0.2) is 0 Å². The molecule has 0 aliphatic rings. The van der Waals surface area contributed by atoms with Gasteiger partial charge in [-0.15, -0.1) is 11.3 Å². The molecule has 1 aromatic heterocycles. The van der Waals surface area contributed by atoms with Crippen LogP contribution in [0.1, 0.15) is 16.7 Å². The van der Waals surface area contributed by atoms with Crippen molar-refractivity contribution in [2.45, 2.75) is 13.8 Å². The van der Waals surface area contributed by atoms with E-state index in [0.29, 0.717) is 5.56 Å². The van der Waals surface area contributed by atoms with Crippen LogP contribution in [-0.4, -0.2) is 0 Å². The van der Waals surface area contributed by atoms with Gasteiger partial charge in [0.2, 0.25) is 0 Å². The fourth-order valence-corrected chi connectivity index (χ4v) is 2.16. The first-order valence-electron chi connectivity index (χ1n) is 5.01. The minimum absolute atomic E-state index is 0.697. The van der Waals surface area contributed by atoms with Crippen LogP contribution in [0.15, 0.2) is 29.0 Å². The Balaban J connectivity index is 2.28. The topological polar surface area (TPSA) is 35.8 Å². The third kappa shape index (κ3) is 2.07. The van der Waals surface area contributed by atoms with Crippen molar-refractivity contribution in [1.29, 1.82) is 5.26 Å². The number of nitriles is 1. The number of hydrogen-bond donors (Lipinski definition) is 1. The lowest BCUT2D eigenvalue weighted by Crippen LogP contribution is -1.92. The van der Waals surface area contributed by atoms with E-state index in [-0.39, 0.29) is 0 Å². The number of anilines is 2. The number of hydrogen-bond acceptors (Lipinski definition) is 3. The molecular weight excluding hydrogens is 216 g/mol. The smallest absolute Gasteiger partial charge is 0.102 e. The Hall–Kier alpha value is -1.79. The zero-order chi connectivity index (χ0) is 11.5. The third-order valence-electron chi connectivity index (χ3n) is 2.57. The molecule has 2 nitrogen and oxygen atoms in total. The number of nitrogens with zero attached hydrogens (tertiary/aromatic N) is 1. The van der Waals surface area contributed by atoms with Gasteiger partial charge in [0.25, 0.3) is 0 Å². The van der Waals surface area contributed by atoms with Gasteiger partial charge >= 0.3 is 0 Å².